The molecule has 0 aliphatic carbocycles. The van der Waals surface area contributed by atoms with E-state index in [-0.39, 0.29) is 24.6 Å². The topological polar surface area (TPSA) is 35.2 Å². The summed E-state index contributed by atoms with van der Waals surface area (Å²) in [6.07, 6.45) is 1.14. The molecular formula is C12H17BrClNO. The molecule has 0 aromatic heterocycles. The average Bonchev–Trinajstić information content (AvgIpc) is 2.42. The molecule has 0 fully saturated rings. The Bertz CT molecular complexity index is 370. The summed E-state index contributed by atoms with van der Waals surface area (Å²) in [5, 5.41) is 0. The summed E-state index contributed by atoms with van der Waals surface area (Å²) < 4.78 is 6.90. The maximum absolute atomic E-state index is 6.15. The van der Waals surface area contributed by atoms with E-state index >= 15 is 0 Å². The van der Waals surface area contributed by atoms with Gasteiger partial charge in [0.2, 0.25) is 0 Å². The van der Waals surface area contributed by atoms with Crippen molar-refractivity contribution in [2.24, 2.45) is 11.7 Å². The smallest absolute Gasteiger partial charge is 0.125 e. The minimum Gasteiger partial charge on any atom is -0.488 e. The molecule has 16 heavy (non-hydrogen) atoms. The molecule has 0 saturated carbocycles. The van der Waals surface area contributed by atoms with E-state index in [1.165, 1.54) is 0 Å². The quantitative estimate of drug-likeness (QED) is 0.904. The highest BCUT2D eigenvalue weighted by Gasteiger charge is 2.31. The van der Waals surface area contributed by atoms with Crippen LogP contribution in [0.25, 0.3) is 0 Å². The second-order valence-electron chi connectivity index (χ2n) is 4.49. The number of hydrogen-bond acceptors (Lipinski definition) is 2. The summed E-state index contributed by atoms with van der Waals surface area (Å²) in [6, 6.07) is 6.08. The first kappa shape index (κ1) is 13.8. The molecule has 1 aliphatic heterocycles. The first-order chi connectivity index (χ1) is 7.08. The Morgan fingerprint density at radius 3 is 2.75 bits per heavy atom. The van der Waals surface area contributed by atoms with Crippen molar-refractivity contribution < 1.29 is 4.74 Å². The van der Waals surface area contributed by atoms with Crippen molar-refractivity contribution in [3.8, 4) is 5.75 Å². The fourth-order valence-corrected chi connectivity index (χ4v) is 2.32. The predicted molar refractivity (Wildman–Crippen MR) is 72.2 cm³/mol. The highest BCUT2D eigenvalue weighted by molar-refractivity contribution is 9.10. The molecule has 90 valence electrons. The van der Waals surface area contributed by atoms with Gasteiger partial charge in [0, 0.05) is 10.0 Å². The lowest BCUT2D eigenvalue weighted by Gasteiger charge is -2.17. The molecule has 1 aromatic carbocycles. The standard InChI is InChI=1S/C12H16BrNO.ClH/c1-7(2)5-11-12(14)9-4-3-8(13)6-10(9)15-11;/h3-4,6-7,11-12H,5,14H2,1-2H3;1H. The molecule has 0 saturated heterocycles. The molecule has 2 rings (SSSR count). The van der Waals surface area contributed by atoms with E-state index in [0.29, 0.717) is 5.92 Å². The normalized spacial score (nSPS) is 22.6. The Morgan fingerprint density at radius 1 is 1.44 bits per heavy atom. The number of fused-ring (bicyclic) bond motifs is 1. The lowest BCUT2D eigenvalue weighted by atomic mass is 9.98. The van der Waals surface area contributed by atoms with Gasteiger partial charge in [-0.2, -0.15) is 0 Å². The molecule has 1 aromatic rings. The molecule has 1 aliphatic rings. The number of rotatable bonds is 2. The molecule has 0 bridgehead atoms. The van der Waals surface area contributed by atoms with E-state index in [2.05, 4.69) is 29.8 Å². The molecule has 2 atom stereocenters. The van der Waals surface area contributed by atoms with Crippen molar-refractivity contribution in [2.45, 2.75) is 32.4 Å². The van der Waals surface area contributed by atoms with Crippen LogP contribution in [0.1, 0.15) is 31.9 Å². The zero-order valence-electron chi connectivity index (χ0n) is 9.44. The van der Waals surface area contributed by atoms with Gasteiger partial charge in [0.15, 0.2) is 0 Å². The van der Waals surface area contributed by atoms with Crippen LogP contribution in [0.4, 0.5) is 0 Å². The Labute approximate surface area is 111 Å². The third-order valence-corrected chi connectivity index (χ3v) is 3.21. The zero-order valence-corrected chi connectivity index (χ0v) is 11.8. The van der Waals surface area contributed by atoms with Gasteiger partial charge in [-0.1, -0.05) is 35.8 Å². The number of benzene rings is 1. The SMILES string of the molecule is CC(C)CC1Oc2cc(Br)ccc2C1N.Cl. The predicted octanol–water partition coefficient (Wildman–Crippen LogP) is 3.68. The highest BCUT2D eigenvalue weighted by atomic mass is 79.9. The van der Waals surface area contributed by atoms with Crippen LogP contribution in [0.15, 0.2) is 22.7 Å². The first-order valence-corrected chi connectivity index (χ1v) is 6.09. The Kier molecular flexibility index (Phi) is 4.65. The number of ether oxygens (including phenoxy) is 1. The van der Waals surface area contributed by atoms with Crippen LogP contribution in [0.2, 0.25) is 0 Å². The van der Waals surface area contributed by atoms with E-state index in [1.807, 2.05) is 18.2 Å². The second kappa shape index (κ2) is 5.39. The summed E-state index contributed by atoms with van der Waals surface area (Å²) in [4.78, 5) is 0. The van der Waals surface area contributed by atoms with Gasteiger partial charge >= 0.3 is 0 Å². The van der Waals surface area contributed by atoms with Crippen molar-refractivity contribution in [3.63, 3.8) is 0 Å². The maximum atomic E-state index is 6.15. The molecular weight excluding hydrogens is 289 g/mol. The number of hydrogen-bond donors (Lipinski definition) is 1. The zero-order chi connectivity index (χ0) is 11.0. The second-order valence-corrected chi connectivity index (χ2v) is 5.41. The lowest BCUT2D eigenvalue weighted by molar-refractivity contribution is 0.178. The molecule has 0 spiro atoms. The molecule has 2 unspecified atom stereocenters. The monoisotopic (exact) mass is 305 g/mol. The van der Waals surface area contributed by atoms with Gasteiger partial charge in [-0.05, 0) is 24.5 Å². The van der Waals surface area contributed by atoms with Gasteiger partial charge < -0.3 is 10.5 Å². The summed E-state index contributed by atoms with van der Waals surface area (Å²) in [6.45, 7) is 4.38. The van der Waals surface area contributed by atoms with Crippen molar-refractivity contribution in [1.29, 1.82) is 0 Å². The van der Waals surface area contributed by atoms with Crippen LogP contribution in [-0.2, 0) is 0 Å². The van der Waals surface area contributed by atoms with Gasteiger partial charge in [0.05, 0.1) is 6.04 Å². The number of halogens is 2. The van der Waals surface area contributed by atoms with Crippen molar-refractivity contribution in [3.05, 3.63) is 28.2 Å². The summed E-state index contributed by atoms with van der Waals surface area (Å²) in [5.41, 5.74) is 7.28. The van der Waals surface area contributed by atoms with Gasteiger partial charge in [0.25, 0.3) is 0 Å². The van der Waals surface area contributed by atoms with Gasteiger partial charge in [0.1, 0.15) is 11.9 Å². The molecule has 0 amide bonds. The van der Waals surface area contributed by atoms with Crippen LogP contribution in [0.5, 0.6) is 5.75 Å². The fraction of sp³-hybridized carbons (Fsp3) is 0.500. The van der Waals surface area contributed by atoms with E-state index in [0.717, 1.165) is 22.2 Å². The largest absolute Gasteiger partial charge is 0.488 e. The average molecular weight is 307 g/mol. The van der Waals surface area contributed by atoms with Crippen LogP contribution < -0.4 is 10.5 Å². The van der Waals surface area contributed by atoms with Crippen molar-refractivity contribution in [1.82, 2.24) is 0 Å². The molecule has 4 heteroatoms. The minimum absolute atomic E-state index is 0. The van der Waals surface area contributed by atoms with Crippen molar-refractivity contribution in [2.75, 3.05) is 0 Å². The minimum atomic E-state index is 0. The summed E-state index contributed by atoms with van der Waals surface area (Å²) in [7, 11) is 0. The maximum Gasteiger partial charge on any atom is 0.125 e. The molecule has 2 nitrogen and oxygen atoms in total. The van der Waals surface area contributed by atoms with Crippen LogP contribution in [0.3, 0.4) is 0 Å². The molecule has 0 radical (unpaired) electrons. The third kappa shape index (κ3) is 2.70. The van der Waals surface area contributed by atoms with Crippen molar-refractivity contribution >= 4 is 28.3 Å². The van der Waals surface area contributed by atoms with Crippen LogP contribution in [0, 0.1) is 5.92 Å². The Balaban J connectivity index is 0.00000128. The van der Waals surface area contributed by atoms with Crippen LogP contribution in [-0.4, -0.2) is 6.10 Å². The van der Waals surface area contributed by atoms with Gasteiger partial charge in [-0.15, -0.1) is 12.4 Å². The fourth-order valence-electron chi connectivity index (χ4n) is 1.98. The lowest BCUT2D eigenvalue weighted by Crippen LogP contribution is -2.26. The first-order valence-electron chi connectivity index (χ1n) is 5.29. The highest BCUT2D eigenvalue weighted by Crippen LogP contribution is 2.38. The van der Waals surface area contributed by atoms with Gasteiger partial charge in [-0.3, -0.25) is 0 Å². The van der Waals surface area contributed by atoms with E-state index in [9.17, 15) is 0 Å². The summed E-state index contributed by atoms with van der Waals surface area (Å²) >= 11 is 3.43. The third-order valence-electron chi connectivity index (χ3n) is 2.72. The number of nitrogens with two attached hydrogens (primary N) is 1. The van der Waals surface area contributed by atoms with Crippen LogP contribution >= 0.6 is 28.3 Å². The Morgan fingerprint density at radius 2 is 2.12 bits per heavy atom. The Hall–Kier alpha value is -0.250. The molecule has 1 heterocycles. The van der Waals surface area contributed by atoms with Gasteiger partial charge in [-0.25, -0.2) is 0 Å². The van der Waals surface area contributed by atoms with E-state index < -0.39 is 0 Å². The van der Waals surface area contributed by atoms with E-state index in [1.54, 1.807) is 0 Å². The van der Waals surface area contributed by atoms with E-state index in [4.69, 9.17) is 10.5 Å². The summed E-state index contributed by atoms with van der Waals surface area (Å²) in [5.74, 6) is 1.54. The molecule has 2 N–H and O–H groups in total.